The summed E-state index contributed by atoms with van der Waals surface area (Å²) in [4.78, 5) is 27.5. The van der Waals surface area contributed by atoms with Crippen LogP contribution >= 0.6 is 0 Å². The Labute approximate surface area is 170 Å². The predicted molar refractivity (Wildman–Crippen MR) is 111 cm³/mol. The molecule has 0 bridgehead atoms. The molecule has 0 spiro atoms. The highest BCUT2D eigenvalue weighted by atomic mass is 19.1. The Morgan fingerprint density at radius 3 is 2.17 bits per heavy atom. The minimum absolute atomic E-state index is 0.344. The third kappa shape index (κ3) is 4.58. The van der Waals surface area contributed by atoms with Gasteiger partial charge in [0.1, 0.15) is 5.82 Å². The number of esters is 1. The smallest absolute Gasteiger partial charge is 0.317 e. The summed E-state index contributed by atoms with van der Waals surface area (Å²) in [6.07, 6.45) is 2.13. The van der Waals surface area contributed by atoms with Crippen LogP contribution in [0.15, 0.2) is 48.5 Å². The quantitative estimate of drug-likeness (QED) is 0.738. The van der Waals surface area contributed by atoms with Gasteiger partial charge in [0, 0.05) is 25.5 Å². The number of carbonyl (C=O) groups is 2. The molecule has 3 rings (SSSR count). The lowest BCUT2D eigenvalue weighted by atomic mass is 9.79. The van der Waals surface area contributed by atoms with Crippen molar-refractivity contribution in [3.05, 3.63) is 59.9 Å². The average Bonchev–Trinajstić information content (AvgIpc) is 3.20. The lowest BCUT2D eigenvalue weighted by Crippen LogP contribution is -2.39. The van der Waals surface area contributed by atoms with Crippen molar-refractivity contribution in [1.29, 1.82) is 0 Å². The molecule has 0 saturated heterocycles. The molecule has 0 unspecified atom stereocenters. The van der Waals surface area contributed by atoms with Crippen LogP contribution < -0.4 is 10.2 Å². The summed E-state index contributed by atoms with van der Waals surface area (Å²) in [6, 6.07) is 13.4. The molecule has 0 radical (unpaired) electrons. The van der Waals surface area contributed by atoms with Gasteiger partial charge in [0.15, 0.2) is 6.10 Å². The third-order valence-corrected chi connectivity index (χ3v) is 5.55. The molecule has 0 aromatic heterocycles. The van der Waals surface area contributed by atoms with Crippen LogP contribution in [0.5, 0.6) is 0 Å². The Bertz CT molecular complexity index is 857. The molecule has 1 aliphatic carbocycles. The van der Waals surface area contributed by atoms with E-state index in [0.717, 1.165) is 24.1 Å². The fourth-order valence-corrected chi connectivity index (χ4v) is 3.77. The molecule has 2 aromatic rings. The van der Waals surface area contributed by atoms with Crippen LogP contribution in [-0.2, 0) is 19.7 Å². The first kappa shape index (κ1) is 20.8. The summed E-state index contributed by atoms with van der Waals surface area (Å²) in [6.45, 7) is 1.56. The van der Waals surface area contributed by atoms with Crippen molar-refractivity contribution in [2.24, 2.45) is 0 Å². The van der Waals surface area contributed by atoms with E-state index < -0.39 is 17.5 Å². The molecule has 1 fully saturated rings. The minimum atomic E-state index is -0.936. The van der Waals surface area contributed by atoms with Crippen molar-refractivity contribution < 1.29 is 18.7 Å². The second-order valence-corrected chi connectivity index (χ2v) is 7.77. The first-order chi connectivity index (χ1) is 13.8. The zero-order valence-corrected chi connectivity index (χ0v) is 17.1. The molecule has 0 aliphatic heterocycles. The number of halogens is 1. The van der Waals surface area contributed by atoms with Crippen molar-refractivity contribution in [3.8, 4) is 0 Å². The zero-order chi connectivity index (χ0) is 21.0. The first-order valence-corrected chi connectivity index (χ1v) is 9.87. The lowest BCUT2D eigenvalue weighted by Gasteiger charge is -2.28. The monoisotopic (exact) mass is 398 g/mol. The zero-order valence-electron chi connectivity index (χ0n) is 17.1. The fourth-order valence-electron chi connectivity index (χ4n) is 3.77. The second-order valence-electron chi connectivity index (χ2n) is 7.77. The van der Waals surface area contributed by atoms with E-state index in [9.17, 15) is 14.0 Å². The van der Waals surface area contributed by atoms with Crippen LogP contribution in [0.4, 0.5) is 15.8 Å². The highest BCUT2D eigenvalue weighted by molar-refractivity contribution is 5.96. The van der Waals surface area contributed by atoms with E-state index in [1.165, 1.54) is 12.1 Å². The minimum Gasteiger partial charge on any atom is -0.452 e. The van der Waals surface area contributed by atoms with Gasteiger partial charge in [-0.1, -0.05) is 25.0 Å². The van der Waals surface area contributed by atoms with E-state index in [2.05, 4.69) is 5.32 Å². The number of rotatable bonds is 6. The Morgan fingerprint density at radius 1 is 1.03 bits per heavy atom. The molecule has 154 valence electrons. The van der Waals surface area contributed by atoms with Gasteiger partial charge in [-0.3, -0.25) is 9.59 Å². The number of carbonyl (C=O) groups excluding carboxylic acids is 2. The summed E-state index contributed by atoms with van der Waals surface area (Å²) in [7, 11) is 3.88. The number of nitrogens with zero attached hydrogens (tertiary/aromatic N) is 1. The number of ether oxygens (including phenoxy) is 1. The molecule has 1 aliphatic rings. The van der Waals surface area contributed by atoms with Crippen LogP contribution in [0.25, 0.3) is 0 Å². The topological polar surface area (TPSA) is 58.6 Å². The molecular weight excluding hydrogens is 371 g/mol. The summed E-state index contributed by atoms with van der Waals surface area (Å²) in [5.41, 5.74) is 1.59. The third-order valence-electron chi connectivity index (χ3n) is 5.55. The summed E-state index contributed by atoms with van der Waals surface area (Å²) < 4.78 is 18.9. The van der Waals surface area contributed by atoms with Crippen LogP contribution in [0.3, 0.4) is 0 Å². The van der Waals surface area contributed by atoms with Crippen molar-refractivity contribution in [2.45, 2.75) is 44.1 Å². The highest BCUT2D eigenvalue weighted by Gasteiger charge is 2.45. The molecule has 6 heteroatoms. The molecule has 1 saturated carbocycles. The van der Waals surface area contributed by atoms with Crippen molar-refractivity contribution in [1.82, 2.24) is 0 Å². The maximum absolute atomic E-state index is 13.3. The number of hydrogen-bond donors (Lipinski definition) is 1. The number of benzene rings is 2. The average molecular weight is 398 g/mol. The van der Waals surface area contributed by atoms with Crippen LogP contribution in [0, 0.1) is 5.82 Å². The van der Waals surface area contributed by atoms with Gasteiger partial charge in [0.25, 0.3) is 5.91 Å². The fraction of sp³-hybridized carbons (Fsp3) is 0.391. The summed E-state index contributed by atoms with van der Waals surface area (Å²) >= 11 is 0. The largest absolute Gasteiger partial charge is 0.452 e. The van der Waals surface area contributed by atoms with E-state index in [4.69, 9.17) is 4.74 Å². The van der Waals surface area contributed by atoms with E-state index >= 15 is 0 Å². The van der Waals surface area contributed by atoms with Crippen LogP contribution in [-0.4, -0.2) is 32.1 Å². The van der Waals surface area contributed by atoms with Gasteiger partial charge in [-0.15, -0.1) is 0 Å². The van der Waals surface area contributed by atoms with Gasteiger partial charge >= 0.3 is 5.97 Å². The normalized spacial score (nSPS) is 16.1. The SMILES string of the molecule is C[C@@H](OC(=O)C1(c2ccc(F)cc2)CCCC1)C(=O)Nc1ccc(N(C)C)cc1. The van der Waals surface area contributed by atoms with Gasteiger partial charge < -0.3 is 15.0 Å². The molecule has 0 heterocycles. The van der Waals surface area contributed by atoms with Gasteiger partial charge in [-0.05, 0) is 61.7 Å². The second kappa shape index (κ2) is 8.64. The summed E-state index contributed by atoms with van der Waals surface area (Å²) in [5.74, 6) is -1.15. The Balaban J connectivity index is 1.68. The number of anilines is 2. The van der Waals surface area contributed by atoms with E-state index in [1.54, 1.807) is 31.2 Å². The molecule has 2 aromatic carbocycles. The molecule has 1 amide bonds. The molecule has 5 nitrogen and oxygen atoms in total. The predicted octanol–water partition coefficient (Wildman–Crippen LogP) is 4.27. The molecular formula is C23H27FN2O3. The van der Waals surface area contributed by atoms with Crippen molar-refractivity contribution in [2.75, 3.05) is 24.3 Å². The van der Waals surface area contributed by atoms with Crippen LogP contribution in [0.1, 0.15) is 38.2 Å². The first-order valence-electron chi connectivity index (χ1n) is 9.87. The maximum Gasteiger partial charge on any atom is 0.317 e. The Kier molecular flexibility index (Phi) is 6.20. The van der Waals surface area contributed by atoms with Crippen LogP contribution in [0.2, 0.25) is 0 Å². The van der Waals surface area contributed by atoms with Gasteiger partial charge in [0.2, 0.25) is 0 Å². The number of amides is 1. The molecule has 1 atom stereocenters. The lowest BCUT2D eigenvalue weighted by molar-refractivity contribution is -0.159. The van der Waals surface area contributed by atoms with Crippen molar-refractivity contribution >= 4 is 23.3 Å². The van der Waals surface area contributed by atoms with E-state index in [1.807, 2.05) is 31.1 Å². The standard InChI is InChI=1S/C23H27FN2O3/c1-16(21(27)25-19-10-12-20(13-11-19)26(2)3)29-22(28)23(14-4-5-15-23)17-6-8-18(24)9-7-17/h6-13,16H,4-5,14-15H2,1-3H3,(H,25,27)/t16-/m1/s1. The molecule has 29 heavy (non-hydrogen) atoms. The highest BCUT2D eigenvalue weighted by Crippen LogP contribution is 2.42. The van der Waals surface area contributed by atoms with E-state index in [-0.39, 0.29) is 11.7 Å². The van der Waals surface area contributed by atoms with Gasteiger partial charge in [0.05, 0.1) is 5.41 Å². The van der Waals surface area contributed by atoms with Gasteiger partial charge in [-0.2, -0.15) is 0 Å². The number of nitrogens with one attached hydrogen (secondary N) is 1. The van der Waals surface area contributed by atoms with Crippen molar-refractivity contribution in [3.63, 3.8) is 0 Å². The maximum atomic E-state index is 13.3. The van der Waals surface area contributed by atoms with Gasteiger partial charge in [-0.25, -0.2) is 4.39 Å². The Hall–Kier alpha value is -2.89. The Morgan fingerprint density at radius 2 is 1.62 bits per heavy atom. The molecule has 1 N–H and O–H groups in total. The van der Waals surface area contributed by atoms with E-state index in [0.29, 0.717) is 18.5 Å². The number of hydrogen-bond acceptors (Lipinski definition) is 4. The summed E-state index contributed by atoms with van der Waals surface area (Å²) in [5, 5.41) is 2.78.